The molecule has 0 radical (unpaired) electrons. The van der Waals surface area contributed by atoms with E-state index in [1.54, 1.807) is 6.20 Å². The highest BCUT2D eigenvalue weighted by atomic mass is 16.5. The van der Waals surface area contributed by atoms with E-state index in [1.807, 2.05) is 24.7 Å². The van der Waals surface area contributed by atoms with E-state index in [0.29, 0.717) is 12.6 Å². The van der Waals surface area contributed by atoms with Crippen molar-refractivity contribution in [1.29, 1.82) is 0 Å². The maximum Gasteiger partial charge on any atom is 0.124 e. The van der Waals surface area contributed by atoms with E-state index >= 15 is 0 Å². The molecule has 4 heteroatoms. The van der Waals surface area contributed by atoms with Crippen LogP contribution in [0.5, 0.6) is 5.75 Å². The van der Waals surface area contributed by atoms with Crippen LogP contribution in [-0.2, 0) is 6.54 Å². The van der Waals surface area contributed by atoms with Crippen molar-refractivity contribution in [3.63, 3.8) is 0 Å². The predicted octanol–water partition coefficient (Wildman–Crippen LogP) is 3.02. The number of rotatable bonds is 8. The first-order valence-corrected chi connectivity index (χ1v) is 7.22. The summed E-state index contributed by atoms with van der Waals surface area (Å²) in [5.74, 6) is 0.978. The number of nitrogens with one attached hydrogen (secondary N) is 1. The molecule has 0 saturated carbocycles. The van der Waals surface area contributed by atoms with Gasteiger partial charge in [-0.1, -0.05) is 25.1 Å². The van der Waals surface area contributed by atoms with Crippen LogP contribution in [0, 0.1) is 0 Å². The second kappa shape index (κ2) is 7.70. The molecule has 0 saturated heterocycles. The summed E-state index contributed by atoms with van der Waals surface area (Å²) in [6.45, 7) is 6.89. The van der Waals surface area contributed by atoms with E-state index < -0.39 is 0 Å². The SMILES string of the molecule is CCNC(C)c1ccccc1OCCCn1ccnc1. The van der Waals surface area contributed by atoms with Crippen LogP contribution in [0.15, 0.2) is 43.0 Å². The van der Waals surface area contributed by atoms with Gasteiger partial charge in [0.25, 0.3) is 0 Å². The van der Waals surface area contributed by atoms with Gasteiger partial charge in [0.05, 0.1) is 12.9 Å². The van der Waals surface area contributed by atoms with Crippen molar-refractivity contribution in [2.24, 2.45) is 0 Å². The van der Waals surface area contributed by atoms with Crippen LogP contribution >= 0.6 is 0 Å². The summed E-state index contributed by atoms with van der Waals surface area (Å²) in [6.07, 6.45) is 6.58. The van der Waals surface area contributed by atoms with Crippen LogP contribution in [0.25, 0.3) is 0 Å². The van der Waals surface area contributed by atoms with E-state index in [4.69, 9.17) is 4.74 Å². The van der Waals surface area contributed by atoms with E-state index in [0.717, 1.165) is 25.3 Å². The lowest BCUT2D eigenvalue weighted by Crippen LogP contribution is -2.18. The number of ether oxygens (including phenoxy) is 1. The van der Waals surface area contributed by atoms with E-state index in [2.05, 4.69) is 40.8 Å². The fourth-order valence-corrected chi connectivity index (χ4v) is 2.23. The highest BCUT2D eigenvalue weighted by molar-refractivity contribution is 5.35. The number of benzene rings is 1. The van der Waals surface area contributed by atoms with Gasteiger partial charge >= 0.3 is 0 Å². The topological polar surface area (TPSA) is 39.1 Å². The van der Waals surface area contributed by atoms with Gasteiger partial charge in [0, 0.05) is 30.5 Å². The fraction of sp³-hybridized carbons (Fsp3) is 0.438. The first-order valence-electron chi connectivity index (χ1n) is 7.22. The summed E-state index contributed by atoms with van der Waals surface area (Å²) in [6, 6.07) is 8.55. The van der Waals surface area contributed by atoms with Crippen LogP contribution in [0.2, 0.25) is 0 Å². The zero-order chi connectivity index (χ0) is 14.2. The average molecular weight is 273 g/mol. The third kappa shape index (κ3) is 4.10. The van der Waals surface area contributed by atoms with Gasteiger partial charge in [-0.25, -0.2) is 4.98 Å². The number of nitrogens with zero attached hydrogens (tertiary/aromatic N) is 2. The lowest BCUT2D eigenvalue weighted by atomic mass is 10.1. The Balaban J connectivity index is 1.85. The summed E-state index contributed by atoms with van der Waals surface area (Å²) in [4.78, 5) is 4.03. The molecule has 2 rings (SSSR count). The molecule has 1 atom stereocenters. The Kier molecular flexibility index (Phi) is 5.62. The van der Waals surface area contributed by atoms with E-state index in [9.17, 15) is 0 Å². The van der Waals surface area contributed by atoms with Gasteiger partial charge in [0.2, 0.25) is 0 Å². The molecular weight excluding hydrogens is 250 g/mol. The quantitative estimate of drug-likeness (QED) is 0.751. The second-order valence-electron chi connectivity index (χ2n) is 4.82. The highest BCUT2D eigenvalue weighted by Crippen LogP contribution is 2.24. The molecule has 0 spiro atoms. The molecule has 0 fully saturated rings. The minimum absolute atomic E-state index is 0.310. The first kappa shape index (κ1) is 14.6. The summed E-state index contributed by atoms with van der Waals surface area (Å²) >= 11 is 0. The third-order valence-electron chi connectivity index (χ3n) is 3.27. The molecule has 0 bridgehead atoms. The van der Waals surface area contributed by atoms with E-state index in [-0.39, 0.29) is 0 Å². The number of para-hydroxylation sites is 1. The molecule has 1 heterocycles. The Hall–Kier alpha value is -1.81. The molecular formula is C16H23N3O. The van der Waals surface area contributed by atoms with Crippen molar-refractivity contribution in [2.45, 2.75) is 32.9 Å². The van der Waals surface area contributed by atoms with Crippen LogP contribution in [0.4, 0.5) is 0 Å². The molecule has 0 aliphatic heterocycles. The number of aromatic nitrogens is 2. The molecule has 1 N–H and O–H groups in total. The molecule has 1 unspecified atom stereocenters. The zero-order valence-electron chi connectivity index (χ0n) is 12.2. The lowest BCUT2D eigenvalue weighted by molar-refractivity contribution is 0.296. The normalized spacial score (nSPS) is 12.3. The average Bonchev–Trinajstić information content (AvgIpc) is 2.97. The molecule has 0 amide bonds. The minimum atomic E-state index is 0.310. The van der Waals surface area contributed by atoms with Gasteiger partial charge in [-0.2, -0.15) is 0 Å². The second-order valence-corrected chi connectivity index (χ2v) is 4.82. The van der Waals surface area contributed by atoms with E-state index in [1.165, 1.54) is 5.56 Å². The predicted molar refractivity (Wildman–Crippen MR) is 80.9 cm³/mol. The van der Waals surface area contributed by atoms with Crippen molar-refractivity contribution < 1.29 is 4.74 Å². The highest BCUT2D eigenvalue weighted by Gasteiger charge is 2.09. The monoisotopic (exact) mass is 273 g/mol. The van der Waals surface area contributed by atoms with Gasteiger partial charge in [-0.15, -0.1) is 0 Å². The largest absolute Gasteiger partial charge is 0.493 e. The van der Waals surface area contributed by atoms with Crippen molar-refractivity contribution in [3.8, 4) is 5.75 Å². The van der Waals surface area contributed by atoms with Crippen molar-refractivity contribution >= 4 is 0 Å². The molecule has 1 aromatic carbocycles. The summed E-state index contributed by atoms with van der Waals surface area (Å²) < 4.78 is 8.00. The Labute approximate surface area is 120 Å². The first-order chi connectivity index (χ1) is 9.81. The van der Waals surface area contributed by atoms with Gasteiger partial charge in [-0.05, 0) is 26.0 Å². The molecule has 0 aliphatic rings. The smallest absolute Gasteiger partial charge is 0.124 e. The Morgan fingerprint density at radius 2 is 2.20 bits per heavy atom. The molecule has 4 nitrogen and oxygen atoms in total. The molecule has 0 aliphatic carbocycles. The van der Waals surface area contributed by atoms with Crippen LogP contribution < -0.4 is 10.1 Å². The van der Waals surface area contributed by atoms with Gasteiger partial charge < -0.3 is 14.6 Å². The fourth-order valence-electron chi connectivity index (χ4n) is 2.23. The third-order valence-corrected chi connectivity index (χ3v) is 3.27. The maximum atomic E-state index is 5.93. The number of hydrogen-bond donors (Lipinski definition) is 1. The Bertz CT molecular complexity index is 496. The van der Waals surface area contributed by atoms with Crippen LogP contribution in [-0.4, -0.2) is 22.7 Å². The number of imidazole rings is 1. The lowest BCUT2D eigenvalue weighted by Gasteiger charge is -2.17. The summed E-state index contributed by atoms with van der Waals surface area (Å²) in [5, 5.41) is 3.42. The van der Waals surface area contributed by atoms with Gasteiger partial charge in [-0.3, -0.25) is 0 Å². The number of aryl methyl sites for hydroxylation is 1. The molecule has 20 heavy (non-hydrogen) atoms. The summed E-state index contributed by atoms with van der Waals surface area (Å²) in [7, 11) is 0. The van der Waals surface area contributed by atoms with Gasteiger partial charge in [0.15, 0.2) is 0 Å². The molecule has 1 aromatic heterocycles. The van der Waals surface area contributed by atoms with Crippen molar-refractivity contribution in [2.75, 3.05) is 13.2 Å². The van der Waals surface area contributed by atoms with Gasteiger partial charge in [0.1, 0.15) is 5.75 Å². The van der Waals surface area contributed by atoms with Crippen molar-refractivity contribution in [1.82, 2.24) is 14.9 Å². The standard InChI is InChI=1S/C16H23N3O/c1-3-18-14(2)15-7-4-5-8-16(15)20-12-6-10-19-11-9-17-13-19/h4-5,7-9,11,13-14,18H,3,6,10,12H2,1-2H3. The van der Waals surface area contributed by atoms with Crippen LogP contribution in [0.1, 0.15) is 31.9 Å². The Morgan fingerprint density at radius 3 is 2.95 bits per heavy atom. The maximum absolute atomic E-state index is 5.93. The molecule has 2 aromatic rings. The Morgan fingerprint density at radius 1 is 1.35 bits per heavy atom. The minimum Gasteiger partial charge on any atom is -0.493 e. The van der Waals surface area contributed by atoms with Crippen molar-refractivity contribution in [3.05, 3.63) is 48.5 Å². The van der Waals surface area contributed by atoms with Crippen LogP contribution in [0.3, 0.4) is 0 Å². The molecule has 108 valence electrons. The summed E-state index contributed by atoms with van der Waals surface area (Å²) in [5.41, 5.74) is 1.22. The number of hydrogen-bond acceptors (Lipinski definition) is 3. The zero-order valence-corrected chi connectivity index (χ0v) is 12.2.